The molecule has 0 aliphatic rings. The number of esters is 1. The number of hydrogen-bond acceptors (Lipinski definition) is 6. The van der Waals surface area contributed by atoms with E-state index in [0.29, 0.717) is 30.3 Å². The number of benzene rings is 1. The van der Waals surface area contributed by atoms with Gasteiger partial charge < -0.3 is 19.3 Å². The maximum absolute atomic E-state index is 11.4. The molecule has 114 valence electrons. The van der Waals surface area contributed by atoms with Gasteiger partial charge in [0.15, 0.2) is 11.5 Å². The fourth-order valence-corrected chi connectivity index (χ4v) is 1.58. The molecule has 0 radical (unpaired) electrons. The maximum atomic E-state index is 11.4. The molecule has 0 heterocycles. The largest absolute Gasteiger partial charge is 0.507 e. The van der Waals surface area contributed by atoms with Crippen molar-refractivity contribution < 1.29 is 28.9 Å². The monoisotopic (exact) mass is 294 g/mol. The molecule has 0 aliphatic carbocycles. The SMILES string of the molecule is CCOc1ccc(/C(O)=C/C(=O)C(=O)OC)cc1OCC. The van der Waals surface area contributed by atoms with Gasteiger partial charge in [0.2, 0.25) is 0 Å². The lowest BCUT2D eigenvalue weighted by Crippen LogP contribution is -2.13. The summed E-state index contributed by atoms with van der Waals surface area (Å²) in [6.07, 6.45) is 0.803. The van der Waals surface area contributed by atoms with Crippen LogP contribution in [0.4, 0.5) is 0 Å². The summed E-state index contributed by atoms with van der Waals surface area (Å²) in [6, 6.07) is 4.71. The Labute approximate surface area is 122 Å². The topological polar surface area (TPSA) is 82.1 Å². The van der Waals surface area contributed by atoms with E-state index in [4.69, 9.17) is 9.47 Å². The van der Waals surface area contributed by atoms with Crippen molar-refractivity contribution in [3.63, 3.8) is 0 Å². The zero-order valence-corrected chi connectivity index (χ0v) is 12.2. The maximum Gasteiger partial charge on any atom is 0.378 e. The third kappa shape index (κ3) is 4.52. The molecule has 1 aromatic carbocycles. The van der Waals surface area contributed by atoms with E-state index in [1.807, 2.05) is 13.8 Å². The van der Waals surface area contributed by atoms with Crippen molar-refractivity contribution in [2.45, 2.75) is 13.8 Å². The van der Waals surface area contributed by atoms with Gasteiger partial charge in [-0.05, 0) is 32.0 Å². The summed E-state index contributed by atoms with van der Waals surface area (Å²) in [7, 11) is 1.09. The second kappa shape index (κ2) is 7.94. The molecule has 0 bridgehead atoms. The molecular weight excluding hydrogens is 276 g/mol. The highest BCUT2D eigenvalue weighted by atomic mass is 16.5. The van der Waals surface area contributed by atoms with Gasteiger partial charge in [0.05, 0.1) is 20.3 Å². The lowest BCUT2D eigenvalue weighted by molar-refractivity contribution is -0.149. The average molecular weight is 294 g/mol. The Hall–Kier alpha value is -2.50. The first-order chi connectivity index (χ1) is 10.0. The van der Waals surface area contributed by atoms with Crippen molar-refractivity contribution in [2.24, 2.45) is 0 Å². The van der Waals surface area contributed by atoms with Gasteiger partial charge in [0.25, 0.3) is 5.78 Å². The van der Waals surface area contributed by atoms with E-state index in [-0.39, 0.29) is 5.76 Å². The molecular formula is C15H18O6. The van der Waals surface area contributed by atoms with Gasteiger partial charge in [-0.1, -0.05) is 0 Å². The standard InChI is InChI=1S/C15H18O6/c1-4-20-13-7-6-10(8-14(13)21-5-2)11(16)9-12(17)15(18)19-3/h6-9,16H,4-5H2,1-3H3/b11-9-. The van der Waals surface area contributed by atoms with Crippen molar-refractivity contribution in [3.8, 4) is 11.5 Å². The van der Waals surface area contributed by atoms with E-state index in [1.54, 1.807) is 12.1 Å². The smallest absolute Gasteiger partial charge is 0.378 e. The Balaban J connectivity index is 3.07. The summed E-state index contributed by atoms with van der Waals surface area (Å²) in [4.78, 5) is 22.4. The third-order valence-electron chi connectivity index (χ3n) is 2.49. The van der Waals surface area contributed by atoms with Crippen molar-refractivity contribution in [3.05, 3.63) is 29.8 Å². The molecule has 1 aromatic rings. The molecule has 1 rings (SSSR count). The van der Waals surface area contributed by atoms with Crippen LogP contribution in [0, 0.1) is 0 Å². The highest BCUT2D eigenvalue weighted by molar-refractivity contribution is 6.39. The highest BCUT2D eigenvalue weighted by Gasteiger charge is 2.14. The molecule has 6 nitrogen and oxygen atoms in total. The number of rotatable bonds is 7. The van der Waals surface area contributed by atoms with E-state index in [0.717, 1.165) is 13.2 Å². The fraction of sp³-hybridized carbons (Fsp3) is 0.333. The van der Waals surface area contributed by atoms with Gasteiger partial charge in [0.1, 0.15) is 5.76 Å². The Bertz CT molecular complexity index is 547. The molecule has 0 spiro atoms. The molecule has 0 aromatic heterocycles. The summed E-state index contributed by atoms with van der Waals surface area (Å²) in [6.45, 7) is 4.56. The minimum absolute atomic E-state index is 0.333. The Kier molecular flexibility index (Phi) is 6.26. The minimum atomic E-state index is -1.04. The number of carbonyl (C=O) groups excluding carboxylic acids is 2. The van der Waals surface area contributed by atoms with Crippen LogP contribution < -0.4 is 9.47 Å². The third-order valence-corrected chi connectivity index (χ3v) is 2.49. The lowest BCUT2D eigenvalue weighted by Gasteiger charge is -2.12. The summed E-state index contributed by atoms with van der Waals surface area (Å²) in [5.41, 5.74) is 0.333. The predicted octanol–water partition coefficient (Wildman–Crippen LogP) is 2.12. The van der Waals surface area contributed by atoms with Crippen molar-refractivity contribution in [1.82, 2.24) is 0 Å². The van der Waals surface area contributed by atoms with E-state index >= 15 is 0 Å². The van der Waals surface area contributed by atoms with Gasteiger partial charge in [-0.15, -0.1) is 0 Å². The molecule has 0 unspecified atom stereocenters. The van der Waals surface area contributed by atoms with Crippen molar-refractivity contribution in [2.75, 3.05) is 20.3 Å². The van der Waals surface area contributed by atoms with Crippen LogP contribution in [0.2, 0.25) is 0 Å². The fourth-order valence-electron chi connectivity index (χ4n) is 1.58. The molecule has 0 fully saturated rings. The van der Waals surface area contributed by atoms with E-state index in [1.165, 1.54) is 6.07 Å². The second-order valence-electron chi connectivity index (χ2n) is 3.91. The first-order valence-electron chi connectivity index (χ1n) is 6.46. The van der Waals surface area contributed by atoms with Crippen LogP contribution in [0.15, 0.2) is 24.3 Å². The van der Waals surface area contributed by atoms with Crippen LogP contribution in [-0.2, 0) is 14.3 Å². The number of hydrogen-bond donors (Lipinski definition) is 1. The van der Waals surface area contributed by atoms with Crippen LogP contribution in [0.1, 0.15) is 19.4 Å². The average Bonchev–Trinajstić information content (AvgIpc) is 2.48. The Morgan fingerprint density at radius 1 is 1.14 bits per heavy atom. The quantitative estimate of drug-likeness (QED) is 0.359. The Morgan fingerprint density at radius 2 is 1.76 bits per heavy atom. The molecule has 6 heteroatoms. The molecule has 0 atom stereocenters. The van der Waals surface area contributed by atoms with Crippen LogP contribution in [0.3, 0.4) is 0 Å². The number of carbonyl (C=O) groups is 2. The van der Waals surface area contributed by atoms with Crippen molar-refractivity contribution in [1.29, 1.82) is 0 Å². The van der Waals surface area contributed by atoms with Crippen molar-refractivity contribution >= 4 is 17.5 Å². The molecule has 0 saturated carbocycles. The minimum Gasteiger partial charge on any atom is -0.507 e. The van der Waals surface area contributed by atoms with Crippen LogP contribution in [-0.4, -0.2) is 37.2 Å². The van der Waals surface area contributed by atoms with E-state index < -0.39 is 11.8 Å². The molecule has 0 saturated heterocycles. The second-order valence-corrected chi connectivity index (χ2v) is 3.91. The van der Waals surface area contributed by atoms with Gasteiger partial charge in [-0.3, -0.25) is 4.79 Å². The summed E-state index contributed by atoms with van der Waals surface area (Å²) >= 11 is 0. The van der Waals surface area contributed by atoms with Crippen LogP contribution >= 0.6 is 0 Å². The van der Waals surface area contributed by atoms with Crippen LogP contribution in [0.5, 0.6) is 11.5 Å². The summed E-state index contributed by atoms with van der Waals surface area (Å²) in [5.74, 6) is -1.36. The van der Waals surface area contributed by atoms with Gasteiger partial charge >= 0.3 is 5.97 Å². The zero-order valence-electron chi connectivity index (χ0n) is 12.2. The first kappa shape index (κ1) is 16.6. The van der Waals surface area contributed by atoms with Crippen LogP contribution in [0.25, 0.3) is 5.76 Å². The molecule has 1 N–H and O–H groups in total. The molecule has 0 aliphatic heterocycles. The summed E-state index contributed by atoms with van der Waals surface area (Å²) in [5, 5.41) is 9.88. The summed E-state index contributed by atoms with van der Waals surface area (Å²) < 4.78 is 15.1. The van der Waals surface area contributed by atoms with Gasteiger partial charge in [-0.2, -0.15) is 0 Å². The van der Waals surface area contributed by atoms with E-state index in [9.17, 15) is 14.7 Å². The van der Waals surface area contributed by atoms with Gasteiger partial charge in [0, 0.05) is 11.6 Å². The molecule has 21 heavy (non-hydrogen) atoms. The highest BCUT2D eigenvalue weighted by Crippen LogP contribution is 2.30. The number of ketones is 1. The normalized spacial score (nSPS) is 10.9. The number of ether oxygens (including phenoxy) is 3. The number of aliphatic hydroxyl groups is 1. The predicted molar refractivity (Wildman–Crippen MR) is 76.4 cm³/mol. The number of aliphatic hydroxyl groups excluding tert-OH is 1. The van der Waals surface area contributed by atoms with Gasteiger partial charge in [-0.25, -0.2) is 4.79 Å². The zero-order chi connectivity index (χ0) is 15.8. The Morgan fingerprint density at radius 3 is 2.33 bits per heavy atom. The molecule has 0 amide bonds. The number of methoxy groups -OCH3 is 1. The lowest BCUT2D eigenvalue weighted by atomic mass is 10.1. The van der Waals surface area contributed by atoms with E-state index in [2.05, 4.69) is 4.74 Å². The first-order valence-corrected chi connectivity index (χ1v) is 6.46.